The molecular formula is C18H19ClF3N3O. The molecule has 0 saturated carbocycles. The molecule has 4 nitrogen and oxygen atoms in total. The Bertz CT molecular complexity index is 746. The van der Waals surface area contributed by atoms with E-state index >= 15 is 0 Å². The summed E-state index contributed by atoms with van der Waals surface area (Å²) in [6.07, 6.45) is -4.71. The Kier molecular flexibility index (Phi) is 5.60. The van der Waals surface area contributed by atoms with Gasteiger partial charge >= 0.3 is 6.36 Å². The number of anilines is 1. The first-order chi connectivity index (χ1) is 12.3. The standard InChI is InChI=1S/C18H19ClF3N3O/c19-13-3-6-16(23)15(11-13)17(25-9-7-24-8-10-25)12-1-4-14(5-2-12)26-18(20,21)22/h1-6,11,17,24H,7-10,23H2/t17-/m1/s1. The number of rotatable bonds is 4. The molecular weight excluding hydrogens is 367 g/mol. The zero-order valence-corrected chi connectivity index (χ0v) is 14.6. The number of ether oxygens (including phenoxy) is 1. The number of nitrogen functional groups attached to an aromatic ring is 1. The van der Waals surface area contributed by atoms with Crippen LogP contribution in [0.3, 0.4) is 0 Å². The lowest BCUT2D eigenvalue weighted by molar-refractivity contribution is -0.274. The summed E-state index contributed by atoms with van der Waals surface area (Å²) in [4.78, 5) is 2.23. The number of nitrogens with one attached hydrogen (secondary N) is 1. The maximum Gasteiger partial charge on any atom is 0.573 e. The molecule has 0 bridgehead atoms. The van der Waals surface area contributed by atoms with Gasteiger partial charge in [-0.15, -0.1) is 13.2 Å². The van der Waals surface area contributed by atoms with Crippen molar-refractivity contribution < 1.29 is 17.9 Å². The summed E-state index contributed by atoms with van der Waals surface area (Å²) in [5.41, 5.74) is 8.43. The van der Waals surface area contributed by atoms with E-state index in [0.717, 1.165) is 37.3 Å². The van der Waals surface area contributed by atoms with E-state index in [1.165, 1.54) is 12.1 Å². The number of hydrogen-bond donors (Lipinski definition) is 2. The van der Waals surface area contributed by atoms with Crippen LogP contribution in [0.1, 0.15) is 17.2 Å². The molecule has 140 valence electrons. The summed E-state index contributed by atoms with van der Waals surface area (Å²) < 4.78 is 41.1. The van der Waals surface area contributed by atoms with Gasteiger partial charge in [0, 0.05) is 36.9 Å². The third-order valence-corrected chi connectivity index (χ3v) is 4.52. The number of alkyl halides is 3. The molecule has 1 saturated heterocycles. The minimum absolute atomic E-state index is 0.198. The van der Waals surface area contributed by atoms with Gasteiger partial charge in [0.25, 0.3) is 0 Å². The zero-order valence-electron chi connectivity index (χ0n) is 13.9. The molecule has 1 heterocycles. The third kappa shape index (κ3) is 4.60. The van der Waals surface area contributed by atoms with Crippen molar-refractivity contribution in [2.45, 2.75) is 12.4 Å². The van der Waals surface area contributed by atoms with Crippen LogP contribution in [0.15, 0.2) is 42.5 Å². The summed E-state index contributed by atoms with van der Waals surface area (Å²) in [5, 5.41) is 3.85. The molecule has 0 aliphatic carbocycles. The summed E-state index contributed by atoms with van der Waals surface area (Å²) in [7, 11) is 0. The van der Waals surface area contributed by atoms with Crippen LogP contribution in [0.5, 0.6) is 5.75 Å². The smallest absolute Gasteiger partial charge is 0.406 e. The molecule has 1 aliphatic heterocycles. The quantitative estimate of drug-likeness (QED) is 0.786. The minimum Gasteiger partial charge on any atom is -0.406 e. The summed E-state index contributed by atoms with van der Waals surface area (Å²) in [6.45, 7) is 3.23. The van der Waals surface area contributed by atoms with Crippen LogP contribution in [0.2, 0.25) is 5.02 Å². The molecule has 1 aliphatic rings. The van der Waals surface area contributed by atoms with Gasteiger partial charge in [-0.05, 0) is 41.5 Å². The number of piperazine rings is 1. The van der Waals surface area contributed by atoms with E-state index in [2.05, 4.69) is 15.0 Å². The van der Waals surface area contributed by atoms with Gasteiger partial charge in [-0.25, -0.2) is 0 Å². The van der Waals surface area contributed by atoms with Gasteiger partial charge in [0.15, 0.2) is 0 Å². The lowest BCUT2D eigenvalue weighted by Gasteiger charge is -2.36. The van der Waals surface area contributed by atoms with Crippen LogP contribution >= 0.6 is 11.6 Å². The van der Waals surface area contributed by atoms with Gasteiger partial charge < -0.3 is 15.8 Å². The zero-order chi connectivity index (χ0) is 18.7. The maximum atomic E-state index is 12.4. The van der Waals surface area contributed by atoms with Crippen LogP contribution in [0.4, 0.5) is 18.9 Å². The summed E-state index contributed by atoms with van der Waals surface area (Å²) in [5.74, 6) is -0.251. The van der Waals surface area contributed by atoms with Crippen LogP contribution < -0.4 is 15.8 Å². The average Bonchev–Trinajstić information content (AvgIpc) is 2.59. The highest BCUT2D eigenvalue weighted by Gasteiger charge is 2.31. The van der Waals surface area contributed by atoms with Gasteiger partial charge in [0.2, 0.25) is 0 Å². The first-order valence-electron chi connectivity index (χ1n) is 8.19. The number of halogens is 4. The van der Waals surface area contributed by atoms with E-state index in [4.69, 9.17) is 17.3 Å². The molecule has 0 unspecified atom stereocenters. The molecule has 26 heavy (non-hydrogen) atoms. The molecule has 0 radical (unpaired) electrons. The van der Waals surface area contributed by atoms with E-state index in [9.17, 15) is 13.2 Å². The molecule has 1 atom stereocenters. The van der Waals surface area contributed by atoms with E-state index in [-0.39, 0.29) is 11.8 Å². The normalized spacial score (nSPS) is 17.1. The van der Waals surface area contributed by atoms with Crippen LogP contribution in [0, 0.1) is 0 Å². The summed E-state index contributed by atoms with van der Waals surface area (Å²) in [6, 6.07) is 11.0. The van der Waals surface area contributed by atoms with E-state index in [1.54, 1.807) is 24.3 Å². The lowest BCUT2D eigenvalue weighted by atomic mass is 9.95. The van der Waals surface area contributed by atoms with Crippen molar-refractivity contribution in [1.29, 1.82) is 0 Å². The molecule has 2 aromatic rings. The highest BCUT2D eigenvalue weighted by Crippen LogP contribution is 2.35. The largest absolute Gasteiger partial charge is 0.573 e. The number of hydrogen-bond acceptors (Lipinski definition) is 4. The summed E-state index contributed by atoms with van der Waals surface area (Å²) >= 11 is 6.15. The van der Waals surface area contributed by atoms with Gasteiger partial charge in [-0.1, -0.05) is 23.7 Å². The molecule has 0 spiro atoms. The van der Waals surface area contributed by atoms with Crippen LogP contribution in [-0.2, 0) is 0 Å². The van der Waals surface area contributed by atoms with Crippen LogP contribution in [-0.4, -0.2) is 37.4 Å². The average molecular weight is 386 g/mol. The predicted molar refractivity (Wildman–Crippen MR) is 95.3 cm³/mol. The second kappa shape index (κ2) is 7.73. The Hall–Kier alpha value is -1.96. The fourth-order valence-electron chi connectivity index (χ4n) is 3.16. The maximum absolute atomic E-state index is 12.4. The van der Waals surface area contributed by atoms with Crippen molar-refractivity contribution in [3.8, 4) is 5.75 Å². The Morgan fingerprint density at radius 2 is 1.73 bits per heavy atom. The van der Waals surface area contributed by atoms with Gasteiger partial charge in [0.05, 0.1) is 6.04 Å². The predicted octanol–water partition coefficient (Wildman–Crippen LogP) is 3.82. The fraction of sp³-hybridized carbons (Fsp3) is 0.333. The van der Waals surface area contributed by atoms with Crippen molar-refractivity contribution in [3.63, 3.8) is 0 Å². The van der Waals surface area contributed by atoms with Gasteiger partial charge in [-0.3, -0.25) is 4.90 Å². The van der Waals surface area contributed by atoms with E-state index in [0.29, 0.717) is 10.7 Å². The monoisotopic (exact) mass is 385 g/mol. The second-order valence-electron chi connectivity index (χ2n) is 6.08. The molecule has 3 N–H and O–H groups in total. The molecule has 0 amide bonds. The Morgan fingerprint density at radius 1 is 1.08 bits per heavy atom. The van der Waals surface area contributed by atoms with Gasteiger partial charge in [0.1, 0.15) is 5.75 Å². The van der Waals surface area contributed by atoms with Crippen molar-refractivity contribution in [1.82, 2.24) is 10.2 Å². The van der Waals surface area contributed by atoms with Gasteiger partial charge in [-0.2, -0.15) is 0 Å². The van der Waals surface area contributed by atoms with E-state index < -0.39 is 6.36 Å². The number of nitrogens with zero attached hydrogens (tertiary/aromatic N) is 1. The van der Waals surface area contributed by atoms with Crippen molar-refractivity contribution >= 4 is 17.3 Å². The second-order valence-corrected chi connectivity index (χ2v) is 6.52. The molecule has 1 fully saturated rings. The number of nitrogens with two attached hydrogens (primary N) is 1. The first kappa shape index (κ1) is 18.8. The SMILES string of the molecule is Nc1ccc(Cl)cc1[C@@H](c1ccc(OC(F)(F)F)cc1)N1CCNCC1. The Morgan fingerprint density at radius 3 is 2.35 bits per heavy atom. The Balaban J connectivity index is 1.96. The number of benzene rings is 2. The highest BCUT2D eigenvalue weighted by molar-refractivity contribution is 6.30. The lowest BCUT2D eigenvalue weighted by Crippen LogP contribution is -2.45. The topological polar surface area (TPSA) is 50.5 Å². The van der Waals surface area contributed by atoms with Crippen molar-refractivity contribution in [2.75, 3.05) is 31.9 Å². The molecule has 0 aromatic heterocycles. The van der Waals surface area contributed by atoms with Crippen molar-refractivity contribution in [3.05, 3.63) is 58.6 Å². The molecule has 3 rings (SSSR count). The van der Waals surface area contributed by atoms with E-state index in [1.807, 2.05) is 6.07 Å². The first-order valence-corrected chi connectivity index (χ1v) is 8.57. The van der Waals surface area contributed by atoms with Crippen molar-refractivity contribution in [2.24, 2.45) is 0 Å². The molecule has 8 heteroatoms. The minimum atomic E-state index is -4.71. The molecule has 2 aromatic carbocycles. The Labute approximate surface area is 154 Å². The third-order valence-electron chi connectivity index (χ3n) is 4.29. The highest BCUT2D eigenvalue weighted by atomic mass is 35.5. The fourth-order valence-corrected chi connectivity index (χ4v) is 3.34. The van der Waals surface area contributed by atoms with Crippen LogP contribution in [0.25, 0.3) is 0 Å².